The first-order valence-corrected chi connectivity index (χ1v) is 10.7. The monoisotopic (exact) mass is 414 g/mol. The molecule has 2 unspecified atom stereocenters. The number of hydrogen-bond acceptors (Lipinski definition) is 5. The topological polar surface area (TPSA) is 49.9 Å². The van der Waals surface area contributed by atoms with Crippen molar-refractivity contribution in [1.82, 2.24) is 4.90 Å². The first-order chi connectivity index (χ1) is 13.9. The Balaban J connectivity index is 1.55. The minimum atomic E-state index is -0.336. The van der Waals surface area contributed by atoms with Crippen LogP contribution in [-0.4, -0.2) is 48.8 Å². The number of likely N-dealkylation sites (tertiary alicyclic amines) is 1. The third-order valence-electron chi connectivity index (χ3n) is 5.34. The molecule has 0 saturated carbocycles. The number of amides is 1. The molecular weight excluding hydrogens is 391 g/mol. The van der Waals surface area contributed by atoms with E-state index in [0.29, 0.717) is 11.3 Å². The molecule has 0 radical (unpaired) electrons. The second-order valence-corrected chi connectivity index (χ2v) is 8.63. The van der Waals surface area contributed by atoms with Gasteiger partial charge in [0.25, 0.3) is 0 Å². The molecule has 2 aliphatic heterocycles. The highest BCUT2D eigenvalue weighted by Gasteiger charge is 2.35. The second kappa shape index (κ2) is 8.16. The summed E-state index contributed by atoms with van der Waals surface area (Å²) in [5.41, 5.74) is 2.94. The zero-order valence-corrected chi connectivity index (χ0v) is 17.2. The molecule has 2 fully saturated rings. The van der Waals surface area contributed by atoms with Crippen LogP contribution in [0, 0.1) is 12.7 Å². The Bertz CT molecular complexity index is 934. The summed E-state index contributed by atoms with van der Waals surface area (Å²) in [4.78, 5) is 29.0. The van der Waals surface area contributed by atoms with Gasteiger partial charge in [-0.25, -0.2) is 9.18 Å². The normalized spacial score (nSPS) is 22.3. The summed E-state index contributed by atoms with van der Waals surface area (Å²) >= 11 is 1.51. The van der Waals surface area contributed by atoms with E-state index in [1.54, 1.807) is 35.2 Å². The average Bonchev–Trinajstić information content (AvgIpc) is 3.28. The lowest BCUT2D eigenvalue weighted by atomic mass is 10.1. The molecule has 2 saturated heterocycles. The van der Waals surface area contributed by atoms with Gasteiger partial charge in [0.2, 0.25) is 5.91 Å². The van der Waals surface area contributed by atoms with Crippen molar-refractivity contribution < 1.29 is 18.7 Å². The Hall–Kier alpha value is -2.38. The molecule has 0 N–H and O–H groups in total. The van der Waals surface area contributed by atoms with Gasteiger partial charge in [0.15, 0.2) is 0 Å². The third-order valence-corrected chi connectivity index (χ3v) is 6.55. The predicted molar refractivity (Wildman–Crippen MR) is 112 cm³/mol. The summed E-state index contributed by atoms with van der Waals surface area (Å²) in [6, 6.07) is 11.5. The first-order valence-electron chi connectivity index (χ1n) is 9.61. The van der Waals surface area contributed by atoms with E-state index >= 15 is 0 Å². The number of esters is 1. The largest absolute Gasteiger partial charge is 0.457 e. The van der Waals surface area contributed by atoms with Gasteiger partial charge < -0.3 is 9.64 Å². The number of aryl methyl sites for hydroxylation is 1. The van der Waals surface area contributed by atoms with Gasteiger partial charge in [0.1, 0.15) is 17.3 Å². The average molecular weight is 415 g/mol. The highest BCUT2D eigenvalue weighted by atomic mass is 32.2. The second-order valence-electron chi connectivity index (χ2n) is 7.56. The molecular formula is C22H23FN2O3S. The number of thioether (sulfide) groups is 1. The molecule has 0 bridgehead atoms. The van der Waals surface area contributed by atoms with Crippen LogP contribution in [0.4, 0.5) is 10.1 Å². The lowest BCUT2D eigenvalue weighted by Crippen LogP contribution is -2.28. The van der Waals surface area contributed by atoms with Crippen LogP contribution in [0.15, 0.2) is 42.5 Å². The van der Waals surface area contributed by atoms with Crippen molar-refractivity contribution in [2.24, 2.45) is 0 Å². The van der Waals surface area contributed by atoms with Gasteiger partial charge in [0, 0.05) is 18.8 Å². The molecule has 0 aromatic heterocycles. The molecule has 2 aliphatic rings. The van der Waals surface area contributed by atoms with Crippen LogP contribution in [0.2, 0.25) is 0 Å². The van der Waals surface area contributed by atoms with Crippen molar-refractivity contribution in [3.05, 3.63) is 65.0 Å². The van der Waals surface area contributed by atoms with E-state index in [9.17, 15) is 14.0 Å². The summed E-state index contributed by atoms with van der Waals surface area (Å²) in [6.07, 6.45) is 0.768. The number of likely N-dealkylation sites (N-methyl/N-ethyl adjacent to an activating group) is 1. The minimum absolute atomic E-state index is 0.00301. The van der Waals surface area contributed by atoms with Crippen LogP contribution in [0.3, 0.4) is 0 Å². The molecule has 2 atom stereocenters. The van der Waals surface area contributed by atoms with E-state index in [0.717, 1.165) is 36.3 Å². The summed E-state index contributed by atoms with van der Waals surface area (Å²) in [5, 5.41) is -0.214. The van der Waals surface area contributed by atoms with E-state index in [1.807, 2.05) is 14.0 Å². The Kier molecular flexibility index (Phi) is 5.61. The fourth-order valence-corrected chi connectivity index (χ4v) is 4.99. The Morgan fingerprint density at radius 1 is 1.21 bits per heavy atom. The van der Waals surface area contributed by atoms with Crippen molar-refractivity contribution in [2.45, 2.75) is 24.8 Å². The summed E-state index contributed by atoms with van der Waals surface area (Å²) in [6.45, 7) is 3.56. The van der Waals surface area contributed by atoms with Gasteiger partial charge in [-0.3, -0.25) is 9.69 Å². The van der Waals surface area contributed by atoms with Crippen LogP contribution in [-0.2, 0) is 9.53 Å². The predicted octanol–water partition coefficient (Wildman–Crippen LogP) is 3.77. The van der Waals surface area contributed by atoms with Crippen LogP contribution >= 0.6 is 11.8 Å². The van der Waals surface area contributed by atoms with Gasteiger partial charge in [-0.1, -0.05) is 12.1 Å². The summed E-state index contributed by atoms with van der Waals surface area (Å²) in [7, 11) is 2.01. The lowest BCUT2D eigenvalue weighted by molar-refractivity contribution is -0.115. The quantitative estimate of drug-likeness (QED) is 0.713. The van der Waals surface area contributed by atoms with E-state index < -0.39 is 0 Å². The maximum absolute atomic E-state index is 13.3. The zero-order chi connectivity index (χ0) is 20.5. The number of carbonyl (C=O) groups is 2. The molecule has 2 aromatic rings. The van der Waals surface area contributed by atoms with Gasteiger partial charge in [-0.15, -0.1) is 11.8 Å². The lowest BCUT2D eigenvalue weighted by Gasteiger charge is -2.26. The third kappa shape index (κ3) is 4.16. The zero-order valence-electron chi connectivity index (χ0n) is 16.4. The Morgan fingerprint density at radius 3 is 2.62 bits per heavy atom. The molecule has 2 heterocycles. The molecule has 0 spiro atoms. The molecule has 2 aromatic carbocycles. The first kappa shape index (κ1) is 19.9. The van der Waals surface area contributed by atoms with E-state index in [4.69, 9.17) is 4.74 Å². The number of hydrogen-bond donors (Lipinski definition) is 0. The van der Waals surface area contributed by atoms with E-state index in [-0.39, 0.29) is 29.2 Å². The van der Waals surface area contributed by atoms with E-state index in [1.165, 1.54) is 23.9 Å². The van der Waals surface area contributed by atoms with Gasteiger partial charge >= 0.3 is 5.97 Å². The van der Waals surface area contributed by atoms with Crippen molar-refractivity contribution in [2.75, 3.05) is 30.8 Å². The highest BCUT2D eigenvalue weighted by Crippen LogP contribution is 2.42. The number of ether oxygens (including phenoxy) is 1. The maximum Gasteiger partial charge on any atom is 0.338 e. The molecule has 7 heteroatoms. The number of anilines is 1. The fourth-order valence-electron chi connectivity index (χ4n) is 3.82. The van der Waals surface area contributed by atoms with Crippen LogP contribution in [0.25, 0.3) is 0 Å². The molecule has 152 valence electrons. The van der Waals surface area contributed by atoms with Crippen molar-refractivity contribution in [1.29, 1.82) is 0 Å². The Morgan fingerprint density at radius 2 is 1.97 bits per heavy atom. The SMILES string of the molecule is Cc1cc(C(=O)OC2CCN(C)C2)ccc1N1C(=O)CSC1c1ccc(F)cc1. The van der Waals surface area contributed by atoms with Gasteiger partial charge in [-0.2, -0.15) is 0 Å². The fraction of sp³-hybridized carbons (Fsp3) is 0.364. The van der Waals surface area contributed by atoms with Crippen molar-refractivity contribution in [3.63, 3.8) is 0 Å². The molecule has 0 aliphatic carbocycles. The van der Waals surface area contributed by atoms with Crippen LogP contribution < -0.4 is 4.90 Å². The smallest absolute Gasteiger partial charge is 0.338 e. The summed E-state index contributed by atoms with van der Waals surface area (Å²) in [5.74, 6) is -0.281. The molecule has 5 nitrogen and oxygen atoms in total. The Labute approximate surface area is 173 Å². The molecule has 1 amide bonds. The summed E-state index contributed by atoms with van der Waals surface area (Å²) < 4.78 is 18.9. The molecule has 4 rings (SSSR count). The van der Waals surface area contributed by atoms with Crippen LogP contribution in [0.1, 0.15) is 33.3 Å². The standard InChI is InChI=1S/C22H23FN2O3S/c1-14-11-16(22(27)28-18-9-10-24(2)12-18)5-8-19(14)25-20(26)13-29-21(25)15-3-6-17(23)7-4-15/h3-8,11,18,21H,9-10,12-13H2,1-2H3. The molecule has 29 heavy (non-hydrogen) atoms. The van der Waals surface area contributed by atoms with Gasteiger partial charge in [-0.05, 0) is 61.9 Å². The number of carbonyl (C=O) groups excluding carboxylic acids is 2. The maximum atomic E-state index is 13.3. The minimum Gasteiger partial charge on any atom is -0.457 e. The highest BCUT2D eigenvalue weighted by molar-refractivity contribution is 8.00. The van der Waals surface area contributed by atoms with Crippen LogP contribution in [0.5, 0.6) is 0 Å². The van der Waals surface area contributed by atoms with Crippen molar-refractivity contribution >= 4 is 29.3 Å². The number of halogens is 1. The van der Waals surface area contributed by atoms with E-state index in [2.05, 4.69) is 4.90 Å². The number of rotatable bonds is 4. The van der Waals surface area contributed by atoms with Gasteiger partial charge in [0.05, 0.1) is 11.3 Å². The number of nitrogens with zero attached hydrogens (tertiary/aromatic N) is 2. The number of benzene rings is 2. The van der Waals surface area contributed by atoms with Crippen molar-refractivity contribution in [3.8, 4) is 0 Å².